The summed E-state index contributed by atoms with van der Waals surface area (Å²) in [7, 11) is 0. The highest BCUT2D eigenvalue weighted by atomic mass is 32.2. The first-order chi connectivity index (χ1) is 11.8. The third kappa shape index (κ3) is 4.13. The maximum absolute atomic E-state index is 12.6. The van der Waals surface area contributed by atoms with Crippen LogP contribution in [0.4, 0.5) is 0 Å². The molecule has 2 heterocycles. The van der Waals surface area contributed by atoms with Gasteiger partial charge in [0.2, 0.25) is 0 Å². The van der Waals surface area contributed by atoms with Gasteiger partial charge in [-0.3, -0.25) is 4.79 Å². The molecule has 1 aliphatic rings. The van der Waals surface area contributed by atoms with Crippen LogP contribution in [0, 0.1) is 0 Å². The van der Waals surface area contributed by atoms with Crippen molar-refractivity contribution in [1.82, 2.24) is 14.9 Å². The number of aromatic nitrogens is 2. The number of likely N-dealkylation sites (tertiary alicyclic amines) is 1. The maximum Gasteiger partial charge on any atom is 0.253 e. The number of carbonyl (C=O) groups excluding carboxylic acids is 1. The van der Waals surface area contributed by atoms with Gasteiger partial charge in [-0.15, -0.1) is 11.8 Å². The zero-order valence-electron chi connectivity index (χ0n) is 13.5. The Kier molecular flexibility index (Phi) is 5.82. The highest BCUT2D eigenvalue weighted by molar-refractivity contribution is 7.99. The number of hydrogen-bond acceptors (Lipinski definition) is 5. The number of amides is 1. The van der Waals surface area contributed by atoms with Gasteiger partial charge in [0.05, 0.1) is 6.61 Å². The van der Waals surface area contributed by atoms with Crippen molar-refractivity contribution in [2.24, 2.45) is 0 Å². The van der Waals surface area contributed by atoms with Gasteiger partial charge < -0.3 is 10.0 Å². The van der Waals surface area contributed by atoms with E-state index in [1.54, 1.807) is 24.3 Å². The smallest absolute Gasteiger partial charge is 0.253 e. The molecule has 3 rings (SSSR count). The molecule has 1 saturated heterocycles. The third-order valence-electron chi connectivity index (χ3n) is 4.27. The number of piperidine rings is 1. The van der Waals surface area contributed by atoms with Gasteiger partial charge in [0.1, 0.15) is 6.33 Å². The van der Waals surface area contributed by atoms with Crippen LogP contribution in [0.25, 0.3) is 0 Å². The summed E-state index contributed by atoms with van der Waals surface area (Å²) in [5.74, 6) is 1.17. The zero-order valence-corrected chi connectivity index (χ0v) is 14.3. The molecule has 0 radical (unpaired) electrons. The topological polar surface area (TPSA) is 66.3 Å². The molecule has 2 aromatic rings. The van der Waals surface area contributed by atoms with Gasteiger partial charge in [0.15, 0.2) is 0 Å². The van der Waals surface area contributed by atoms with Crippen LogP contribution < -0.4 is 0 Å². The lowest BCUT2D eigenvalue weighted by Crippen LogP contribution is -2.38. The van der Waals surface area contributed by atoms with Gasteiger partial charge in [-0.25, -0.2) is 9.97 Å². The molecule has 5 nitrogen and oxygen atoms in total. The zero-order chi connectivity index (χ0) is 16.8. The van der Waals surface area contributed by atoms with Crippen LogP contribution >= 0.6 is 11.8 Å². The Morgan fingerprint density at radius 3 is 2.58 bits per heavy atom. The lowest BCUT2D eigenvalue weighted by Gasteiger charge is -2.31. The number of rotatable bonds is 5. The highest BCUT2D eigenvalue weighted by Gasteiger charge is 2.25. The van der Waals surface area contributed by atoms with E-state index in [0.29, 0.717) is 11.7 Å². The Morgan fingerprint density at radius 2 is 1.96 bits per heavy atom. The Hall–Kier alpha value is -1.92. The fraction of sp³-hybridized carbons (Fsp3) is 0.389. The van der Waals surface area contributed by atoms with Crippen molar-refractivity contribution in [3.05, 3.63) is 54.1 Å². The van der Waals surface area contributed by atoms with Crippen LogP contribution in [-0.2, 0) is 0 Å². The number of hydrogen-bond donors (Lipinski definition) is 1. The average molecular weight is 343 g/mol. The molecular formula is C18H21N3O2S. The first-order valence-electron chi connectivity index (χ1n) is 8.17. The van der Waals surface area contributed by atoms with Crippen LogP contribution in [0.3, 0.4) is 0 Å². The second kappa shape index (κ2) is 8.26. The second-order valence-corrected chi connectivity index (χ2v) is 6.97. The SMILES string of the molecule is O=C(c1ccc(SCCO)cc1)N1CCC(c2ccncn2)CC1. The summed E-state index contributed by atoms with van der Waals surface area (Å²) in [6.07, 6.45) is 5.24. The predicted octanol–water partition coefficient (Wildman–Crippen LogP) is 2.58. The standard InChI is InChI=1S/C18H21N3O2S/c22-11-12-24-16-3-1-15(2-4-16)18(23)21-9-6-14(7-10-21)17-5-8-19-13-20-17/h1-5,8,13-14,22H,6-7,9-12H2. The van der Waals surface area contributed by atoms with Gasteiger partial charge in [0, 0.05) is 47.1 Å². The van der Waals surface area contributed by atoms with Crippen LogP contribution in [0.15, 0.2) is 47.8 Å². The Labute approximate surface area is 146 Å². The first-order valence-corrected chi connectivity index (χ1v) is 9.15. The summed E-state index contributed by atoms with van der Waals surface area (Å²) in [4.78, 5) is 23.9. The summed E-state index contributed by atoms with van der Waals surface area (Å²) in [5, 5.41) is 8.85. The molecule has 6 heteroatoms. The van der Waals surface area contributed by atoms with Gasteiger partial charge in [0.25, 0.3) is 5.91 Å². The molecule has 126 valence electrons. The molecule has 0 unspecified atom stereocenters. The molecule has 0 aliphatic carbocycles. The van der Waals surface area contributed by atoms with E-state index >= 15 is 0 Å². The fourth-order valence-electron chi connectivity index (χ4n) is 2.96. The summed E-state index contributed by atoms with van der Waals surface area (Å²) in [6, 6.07) is 9.60. The quantitative estimate of drug-likeness (QED) is 0.845. The first kappa shape index (κ1) is 16.9. The molecule has 1 aliphatic heterocycles. The van der Waals surface area contributed by atoms with Crippen molar-refractivity contribution >= 4 is 17.7 Å². The summed E-state index contributed by atoms with van der Waals surface area (Å²) < 4.78 is 0. The molecule has 1 aromatic carbocycles. The van der Waals surface area contributed by atoms with E-state index < -0.39 is 0 Å². The van der Waals surface area contributed by atoms with E-state index in [4.69, 9.17) is 5.11 Å². The molecule has 1 aromatic heterocycles. The summed E-state index contributed by atoms with van der Waals surface area (Å²) >= 11 is 1.59. The molecule has 1 N–H and O–H groups in total. The molecule has 0 saturated carbocycles. The average Bonchev–Trinajstić information content (AvgIpc) is 2.67. The van der Waals surface area contributed by atoms with Gasteiger partial charge in [-0.05, 0) is 43.2 Å². The van der Waals surface area contributed by atoms with E-state index in [1.165, 1.54) is 0 Å². The highest BCUT2D eigenvalue weighted by Crippen LogP contribution is 2.27. The minimum atomic E-state index is 0.0924. The summed E-state index contributed by atoms with van der Waals surface area (Å²) in [6.45, 7) is 1.68. The number of aliphatic hydroxyl groups excluding tert-OH is 1. The fourth-order valence-corrected chi connectivity index (χ4v) is 3.62. The third-order valence-corrected chi connectivity index (χ3v) is 5.26. The van der Waals surface area contributed by atoms with Crippen LogP contribution in [0.2, 0.25) is 0 Å². The Bertz CT molecular complexity index is 656. The molecule has 24 heavy (non-hydrogen) atoms. The number of nitrogens with zero attached hydrogens (tertiary/aromatic N) is 3. The molecule has 0 spiro atoms. The lowest BCUT2D eigenvalue weighted by atomic mass is 9.93. The summed E-state index contributed by atoms with van der Waals surface area (Å²) in [5.41, 5.74) is 1.80. The van der Waals surface area contributed by atoms with Crippen molar-refractivity contribution in [3.63, 3.8) is 0 Å². The molecule has 1 amide bonds. The van der Waals surface area contributed by atoms with Crippen molar-refractivity contribution in [2.45, 2.75) is 23.7 Å². The second-order valence-electron chi connectivity index (χ2n) is 5.80. The van der Waals surface area contributed by atoms with Crippen molar-refractivity contribution in [1.29, 1.82) is 0 Å². The molecule has 1 fully saturated rings. The minimum Gasteiger partial charge on any atom is -0.396 e. The van der Waals surface area contributed by atoms with Crippen molar-refractivity contribution in [3.8, 4) is 0 Å². The number of benzene rings is 1. The normalized spacial score (nSPS) is 15.5. The maximum atomic E-state index is 12.6. The molecular weight excluding hydrogens is 322 g/mol. The van der Waals surface area contributed by atoms with Gasteiger partial charge >= 0.3 is 0 Å². The van der Waals surface area contributed by atoms with E-state index in [-0.39, 0.29) is 12.5 Å². The number of carbonyl (C=O) groups is 1. The predicted molar refractivity (Wildman–Crippen MR) is 94.2 cm³/mol. The monoisotopic (exact) mass is 343 g/mol. The Balaban J connectivity index is 1.57. The van der Waals surface area contributed by atoms with Crippen molar-refractivity contribution < 1.29 is 9.90 Å². The molecule has 0 bridgehead atoms. The van der Waals surface area contributed by atoms with Gasteiger partial charge in [-0.1, -0.05) is 0 Å². The van der Waals surface area contributed by atoms with E-state index in [1.807, 2.05) is 35.2 Å². The lowest BCUT2D eigenvalue weighted by molar-refractivity contribution is 0.0712. The van der Waals surface area contributed by atoms with E-state index in [0.717, 1.165) is 42.1 Å². The number of thioether (sulfide) groups is 1. The van der Waals surface area contributed by atoms with Crippen LogP contribution in [0.5, 0.6) is 0 Å². The van der Waals surface area contributed by atoms with E-state index in [2.05, 4.69) is 9.97 Å². The van der Waals surface area contributed by atoms with E-state index in [9.17, 15) is 4.79 Å². The van der Waals surface area contributed by atoms with Crippen LogP contribution in [-0.4, -0.2) is 51.3 Å². The van der Waals surface area contributed by atoms with Crippen molar-refractivity contribution in [2.75, 3.05) is 25.4 Å². The van der Waals surface area contributed by atoms with Gasteiger partial charge in [-0.2, -0.15) is 0 Å². The largest absolute Gasteiger partial charge is 0.396 e. The minimum absolute atomic E-state index is 0.0924. The molecule has 0 atom stereocenters. The van der Waals surface area contributed by atoms with Crippen LogP contribution in [0.1, 0.15) is 34.8 Å². The number of aliphatic hydroxyl groups is 1. The Morgan fingerprint density at radius 1 is 1.21 bits per heavy atom.